The molecule has 0 radical (unpaired) electrons. The smallest absolute Gasteiger partial charge is 0.154 e. The molecule has 0 aliphatic carbocycles. The molecule has 0 atom stereocenters. The summed E-state index contributed by atoms with van der Waals surface area (Å²) in [4.78, 5) is 8.05. The first-order chi connectivity index (χ1) is 4.66. The van der Waals surface area contributed by atoms with E-state index in [0.717, 1.165) is 17.3 Å². The normalized spacial score (nSPS) is 9.90. The predicted octanol–water partition coefficient (Wildman–Crippen LogP) is 1.37. The molecule has 1 heterocycles. The second kappa shape index (κ2) is 2.25. The fourth-order valence-electron chi connectivity index (χ4n) is 0.984. The Morgan fingerprint density at radius 2 is 2.10 bits per heavy atom. The van der Waals surface area contributed by atoms with Crippen molar-refractivity contribution in [2.75, 3.05) is 0 Å². The van der Waals surface area contributed by atoms with E-state index in [1.165, 1.54) is 0 Å². The number of aryl methyl sites for hydroxylation is 2. The first-order valence-electron chi connectivity index (χ1n) is 3.13. The van der Waals surface area contributed by atoms with Crippen LogP contribution in [0.5, 0.6) is 0 Å². The third-order valence-corrected chi connectivity index (χ3v) is 1.61. The Hall–Kier alpha value is -1.12. The molecule has 0 saturated carbocycles. The summed E-state index contributed by atoms with van der Waals surface area (Å²) in [6.07, 6.45) is 0. The number of imidazole rings is 1. The predicted molar refractivity (Wildman–Crippen MR) is 41.9 cm³/mol. The average Bonchev–Trinajstić information content (AvgIpc) is 2.09. The zero-order valence-electron chi connectivity index (χ0n) is 6.55. The van der Waals surface area contributed by atoms with E-state index in [-0.39, 0.29) is 0 Å². The lowest BCUT2D eigenvalue weighted by molar-refractivity contribution is 0.859. The zero-order valence-corrected chi connectivity index (χ0v) is 6.55. The highest BCUT2D eigenvalue weighted by molar-refractivity contribution is 5.44. The first kappa shape index (κ1) is 6.99. The van der Waals surface area contributed by atoms with Crippen molar-refractivity contribution in [3.8, 4) is 0 Å². The Kier molecular flexibility index (Phi) is 1.57. The number of hydrogen-bond acceptors (Lipinski definition) is 2. The van der Waals surface area contributed by atoms with Crippen molar-refractivity contribution in [2.45, 2.75) is 13.8 Å². The lowest BCUT2D eigenvalue weighted by Crippen LogP contribution is -1.89. The SMILES string of the molecule is C=Nc1c(C)nc(C)n1C. The zero-order chi connectivity index (χ0) is 7.72. The van der Waals surface area contributed by atoms with Crippen molar-refractivity contribution in [1.82, 2.24) is 9.55 Å². The molecular weight excluding hydrogens is 126 g/mol. The van der Waals surface area contributed by atoms with Gasteiger partial charge in [-0.05, 0) is 20.6 Å². The van der Waals surface area contributed by atoms with Gasteiger partial charge in [0, 0.05) is 7.05 Å². The highest BCUT2D eigenvalue weighted by atomic mass is 15.1. The van der Waals surface area contributed by atoms with E-state index in [0.29, 0.717) is 0 Å². The molecule has 3 heteroatoms. The van der Waals surface area contributed by atoms with Gasteiger partial charge in [-0.25, -0.2) is 9.98 Å². The molecule has 0 bridgehead atoms. The van der Waals surface area contributed by atoms with Crippen molar-refractivity contribution in [1.29, 1.82) is 0 Å². The minimum atomic E-state index is 0.859. The quantitative estimate of drug-likeness (QED) is 0.537. The van der Waals surface area contributed by atoms with E-state index in [2.05, 4.69) is 16.7 Å². The molecule has 0 aliphatic rings. The van der Waals surface area contributed by atoms with Crippen LogP contribution < -0.4 is 0 Å². The highest BCUT2D eigenvalue weighted by Crippen LogP contribution is 2.16. The molecule has 0 N–H and O–H groups in total. The topological polar surface area (TPSA) is 30.2 Å². The summed E-state index contributed by atoms with van der Waals surface area (Å²) in [5.74, 6) is 1.83. The van der Waals surface area contributed by atoms with Crippen molar-refractivity contribution in [3.05, 3.63) is 11.5 Å². The second-order valence-electron chi connectivity index (χ2n) is 2.29. The monoisotopic (exact) mass is 137 g/mol. The van der Waals surface area contributed by atoms with Crippen LogP contribution in [0.25, 0.3) is 0 Å². The molecular formula is C7H11N3. The van der Waals surface area contributed by atoms with Crippen LogP contribution in [0.3, 0.4) is 0 Å². The molecule has 0 aliphatic heterocycles. The van der Waals surface area contributed by atoms with Gasteiger partial charge in [-0.2, -0.15) is 0 Å². The van der Waals surface area contributed by atoms with Gasteiger partial charge in [0.05, 0.1) is 5.69 Å². The summed E-state index contributed by atoms with van der Waals surface area (Å²) < 4.78 is 1.92. The Bertz CT molecular complexity index is 260. The average molecular weight is 137 g/mol. The minimum Gasteiger partial charge on any atom is -0.316 e. The summed E-state index contributed by atoms with van der Waals surface area (Å²) in [5.41, 5.74) is 0.940. The molecule has 10 heavy (non-hydrogen) atoms. The Labute approximate surface area is 60.4 Å². The Morgan fingerprint density at radius 3 is 2.30 bits per heavy atom. The summed E-state index contributed by atoms with van der Waals surface area (Å²) >= 11 is 0. The number of hydrogen-bond donors (Lipinski definition) is 0. The van der Waals surface area contributed by atoms with Crippen molar-refractivity contribution >= 4 is 12.5 Å². The molecule has 0 spiro atoms. The van der Waals surface area contributed by atoms with Gasteiger partial charge in [-0.3, -0.25) is 0 Å². The lowest BCUT2D eigenvalue weighted by atomic mass is 10.5. The van der Waals surface area contributed by atoms with Gasteiger partial charge in [0.1, 0.15) is 5.82 Å². The third kappa shape index (κ3) is 0.835. The highest BCUT2D eigenvalue weighted by Gasteiger charge is 2.04. The molecule has 1 aromatic heterocycles. The van der Waals surface area contributed by atoms with E-state index in [1.807, 2.05) is 25.5 Å². The molecule has 0 aromatic carbocycles. The molecule has 0 saturated heterocycles. The molecule has 0 amide bonds. The standard InChI is InChI=1S/C7H11N3/c1-5-7(8-3)10(4)6(2)9-5/h3H2,1-2,4H3. The third-order valence-electron chi connectivity index (χ3n) is 1.61. The van der Waals surface area contributed by atoms with Crippen molar-refractivity contribution in [2.24, 2.45) is 12.0 Å². The molecule has 1 aromatic rings. The van der Waals surface area contributed by atoms with Crippen LogP contribution in [0.15, 0.2) is 4.99 Å². The molecule has 0 fully saturated rings. The first-order valence-corrected chi connectivity index (χ1v) is 3.13. The largest absolute Gasteiger partial charge is 0.316 e. The van der Waals surface area contributed by atoms with Crippen LogP contribution in [0.2, 0.25) is 0 Å². The lowest BCUT2D eigenvalue weighted by Gasteiger charge is -1.95. The maximum Gasteiger partial charge on any atom is 0.154 e. The van der Waals surface area contributed by atoms with E-state index in [1.54, 1.807) is 0 Å². The minimum absolute atomic E-state index is 0.859. The van der Waals surface area contributed by atoms with Gasteiger partial charge in [0.15, 0.2) is 5.82 Å². The number of aliphatic imine (C=N–C) groups is 1. The van der Waals surface area contributed by atoms with Crippen LogP contribution >= 0.6 is 0 Å². The van der Waals surface area contributed by atoms with E-state index < -0.39 is 0 Å². The van der Waals surface area contributed by atoms with Gasteiger partial charge >= 0.3 is 0 Å². The Morgan fingerprint density at radius 1 is 1.50 bits per heavy atom. The summed E-state index contributed by atoms with van der Waals surface area (Å²) in [6, 6.07) is 0. The summed E-state index contributed by atoms with van der Waals surface area (Å²) in [6.45, 7) is 7.33. The Balaban J connectivity index is 3.33. The van der Waals surface area contributed by atoms with Crippen LogP contribution in [-0.2, 0) is 7.05 Å². The molecule has 0 unspecified atom stereocenters. The van der Waals surface area contributed by atoms with Crippen LogP contribution in [0.1, 0.15) is 11.5 Å². The number of rotatable bonds is 1. The van der Waals surface area contributed by atoms with Gasteiger partial charge in [-0.15, -0.1) is 0 Å². The number of nitrogens with zero attached hydrogens (tertiary/aromatic N) is 3. The van der Waals surface area contributed by atoms with Crippen LogP contribution in [0, 0.1) is 13.8 Å². The maximum absolute atomic E-state index is 4.21. The molecule has 3 nitrogen and oxygen atoms in total. The van der Waals surface area contributed by atoms with E-state index in [9.17, 15) is 0 Å². The maximum atomic E-state index is 4.21. The fourth-order valence-corrected chi connectivity index (χ4v) is 0.984. The van der Waals surface area contributed by atoms with Gasteiger partial charge in [0.25, 0.3) is 0 Å². The van der Waals surface area contributed by atoms with Crippen molar-refractivity contribution < 1.29 is 0 Å². The summed E-state index contributed by atoms with van der Waals surface area (Å²) in [7, 11) is 1.93. The van der Waals surface area contributed by atoms with Crippen molar-refractivity contribution in [3.63, 3.8) is 0 Å². The van der Waals surface area contributed by atoms with E-state index >= 15 is 0 Å². The molecule has 54 valence electrons. The molecule has 1 rings (SSSR count). The number of aromatic nitrogens is 2. The van der Waals surface area contributed by atoms with Crippen LogP contribution in [0.4, 0.5) is 5.82 Å². The second-order valence-corrected chi connectivity index (χ2v) is 2.29. The van der Waals surface area contributed by atoms with E-state index in [4.69, 9.17) is 0 Å². The fraction of sp³-hybridized carbons (Fsp3) is 0.429. The van der Waals surface area contributed by atoms with Gasteiger partial charge in [-0.1, -0.05) is 0 Å². The summed E-state index contributed by atoms with van der Waals surface area (Å²) in [5, 5.41) is 0. The van der Waals surface area contributed by atoms with Gasteiger partial charge in [0.2, 0.25) is 0 Å². The van der Waals surface area contributed by atoms with Gasteiger partial charge < -0.3 is 4.57 Å². The van der Waals surface area contributed by atoms with Crippen LogP contribution in [-0.4, -0.2) is 16.3 Å².